The minimum atomic E-state index is 0.271. The van der Waals surface area contributed by atoms with Crippen molar-refractivity contribution in [1.29, 1.82) is 0 Å². The smallest absolute Gasteiger partial charge is 0.224 e. The molecule has 3 aromatic rings. The number of nitrogens with zero attached hydrogens (tertiary/aromatic N) is 5. The zero-order chi connectivity index (χ0) is 18.1. The molecule has 0 bridgehead atoms. The van der Waals surface area contributed by atoms with Gasteiger partial charge >= 0.3 is 0 Å². The van der Waals surface area contributed by atoms with Gasteiger partial charge in [0.2, 0.25) is 5.95 Å². The highest BCUT2D eigenvalue weighted by Gasteiger charge is 2.21. The van der Waals surface area contributed by atoms with Crippen LogP contribution in [0.4, 0.5) is 11.8 Å². The Morgan fingerprint density at radius 2 is 1.81 bits per heavy atom. The molecule has 0 aliphatic carbocycles. The number of piperazine rings is 1. The first-order valence-corrected chi connectivity index (χ1v) is 9.13. The molecule has 26 heavy (non-hydrogen) atoms. The van der Waals surface area contributed by atoms with Crippen molar-refractivity contribution in [3.05, 3.63) is 41.7 Å². The van der Waals surface area contributed by atoms with E-state index < -0.39 is 0 Å². The molecule has 1 aliphatic heterocycles. The normalized spacial score (nSPS) is 15.9. The number of nitrogens with two attached hydrogens (primary N) is 1. The number of imidazole rings is 1. The van der Waals surface area contributed by atoms with Gasteiger partial charge < -0.3 is 15.6 Å². The summed E-state index contributed by atoms with van der Waals surface area (Å²) < 4.78 is 0. The summed E-state index contributed by atoms with van der Waals surface area (Å²) in [7, 11) is 0. The number of hydrogen-bond donors (Lipinski definition) is 2. The van der Waals surface area contributed by atoms with E-state index in [2.05, 4.69) is 67.8 Å². The Kier molecular flexibility index (Phi) is 4.46. The van der Waals surface area contributed by atoms with E-state index in [0.717, 1.165) is 44.1 Å². The summed E-state index contributed by atoms with van der Waals surface area (Å²) in [4.78, 5) is 20.7. The van der Waals surface area contributed by atoms with Crippen LogP contribution in [-0.4, -0.2) is 51.0 Å². The molecule has 136 valence electrons. The zero-order valence-corrected chi connectivity index (χ0v) is 15.3. The quantitative estimate of drug-likeness (QED) is 0.750. The SMILES string of the molecule is CC(C)c1ccc(CN2CCN(c3nc(N)nc4nc[nH]c34)CC2)cc1. The van der Waals surface area contributed by atoms with Gasteiger partial charge in [-0.3, -0.25) is 4.90 Å². The molecule has 7 nitrogen and oxygen atoms in total. The van der Waals surface area contributed by atoms with E-state index in [0.29, 0.717) is 11.6 Å². The van der Waals surface area contributed by atoms with Gasteiger partial charge in [-0.15, -0.1) is 0 Å². The summed E-state index contributed by atoms with van der Waals surface area (Å²) in [5.74, 6) is 1.70. The predicted molar refractivity (Wildman–Crippen MR) is 104 cm³/mol. The molecule has 0 radical (unpaired) electrons. The van der Waals surface area contributed by atoms with Crippen LogP contribution in [0.2, 0.25) is 0 Å². The molecule has 1 fully saturated rings. The third kappa shape index (κ3) is 3.35. The highest BCUT2D eigenvalue weighted by atomic mass is 15.3. The van der Waals surface area contributed by atoms with Gasteiger partial charge in [0.1, 0.15) is 5.52 Å². The zero-order valence-electron chi connectivity index (χ0n) is 15.3. The fourth-order valence-electron chi connectivity index (χ4n) is 3.45. The molecule has 0 spiro atoms. The van der Waals surface area contributed by atoms with Crippen molar-refractivity contribution >= 4 is 22.9 Å². The van der Waals surface area contributed by atoms with Crippen molar-refractivity contribution in [2.75, 3.05) is 36.8 Å². The van der Waals surface area contributed by atoms with Crippen LogP contribution in [0.15, 0.2) is 30.6 Å². The molecule has 7 heteroatoms. The van der Waals surface area contributed by atoms with Gasteiger partial charge in [0.05, 0.1) is 6.33 Å². The van der Waals surface area contributed by atoms with Gasteiger partial charge in [0.15, 0.2) is 11.5 Å². The van der Waals surface area contributed by atoms with Crippen molar-refractivity contribution in [1.82, 2.24) is 24.8 Å². The van der Waals surface area contributed by atoms with Crippen LogP contribution in [0.25, 0.3) is 11.2 Å². The molecule has 3 heterocycles. The summed E-state index contributed by atoms with van der Waals surface area (Å²) in [5, 5.41) is 0. The van der Waals surface area contributed by atoms with E-state index in [9.17, 15) is 0 Å². The second-order valence-corrected chi connectivity index (χ2v) is 7.17. The Morgan fingerprint density at radius 1 is 1.08 bits per heavy atom. The molecule has 0 saturated carbocycles. The summed E-state index contributed by atoms with van der Waals surface area (Å²) >= 11 is 0. The van der Waals surface area contributed by atoms with Gasteiger partial charge in [-0.25, -0.2) is 4.98 Å². The number of benzene rings is 1. The Morgan fingerprint density at radius 3 is 2.50 bits per heavy atom. The van der Waals surface area contributed by atoms with Gasteiger partial charge in [0, 0.05) is 32.7 Å². The first kappa shape index (κ1) is 16.8. The van der Waals surface area contributed by atoms with E-state index in [1.165, 1.54) is 11.1 Å². The number of nitrogens with one attached hydrogen (secondary N) is 1. The maximum atomic E-state index is 5.84. The highest BCUT2D eigenvalue weighted by molar-refractivity contribution is 5.84. The summed E-state index contributed by atoms with van der Waals surface area (Å²) in [6.07, 6.45) is 1.64. The number of aromatic nitrogens is 4. The standard InChI is InChI=1S/C19H25N7/c1-13(2)15-5-3-14(4-6-15)11-25-7-9-26(10-8-25)18-16-17(22-12-21-16)23-19(20)24-18/h3-6,12-13H,7-11H2,1-2H3,(H3,20,21,22,23,24). The first-order valence-electron chi connectivity index (χ1n) is 9.13. The van der Waals surface area contributed by atoms with Crippen LogP contribution >= 0.6 is 0 Å². The van der Waals surface area contributed by atoms with Crippen molar-refractivity contribution in [3.8, 4) is 0 Å². The second kappa shape index (κ2) is 6.92. The molecule has 4 rings (SSSR count). The number of H-pyrrole nitrogens is 1. The van der Waals surface area contributed by atoms with Crippen molar-refractivity contribution < 1.29 is 0 Å². The van der Waals surface area contributed by atoms with Crippen LogP contribution in [-0.2, 0) is 6.54 Å². The molecular formula is C19H25N7. The van der Waals surface area contributed by atoms with Crippen molar-refractivity contribution in [2.45, 2.75) is 26.3 Å². The molecule has 2 aromatic heterocycles. The third-order valence-electron chi connectivity index (χ3n) is 5.01. The predicted octanol–water partition coefficient (Wildman–Crippen LogP) is 2.38. The average Bonchev–Trinajstić information content (AvgIpc) is 3.10. The Hall–Kier alpha value is -2.67. The van der Waals surface area contributed by atoms with Gasteiger partial charge in [0.25, 0.3) is 0 Å². The minimum Gasteiger partial charge on any atom is -0.368 e. The van der Waals surface area contributed by atoms with Crippen LogP contribution in [0.3, 0.4) is 0 Å². The molecule has 0 unspecified atom stereocenters. The van der Waals surface area contributed by atoms with E-state index in [1.54, 1.807) is 6.33 Å². The fraction of sp³-hybridized carbons (Fsp3) is 0.421. The third-order valence-corrected chi connectivity index (χ3v) is 5.01. The van der Waals surface area contributed by atoms with Gasteiger partial charge in [-0.05, 0) is 17.0 Å². The minimum absolute atomic E-state index is 0.271. The second-order valence-electron chi connectivity index (χ2n) is 7.17. The number of hydrogen-bond acceptors (Lipinski definition) is 6. The van der Waals surface area contributed by atoms with E-state index in [-0.39, 0.29) is 5.95 Å². The topological polar surface area (TPSA) is 87.0 Å². The summed E-state index contributed by atoms with van der Waals surface area (Å²) in [5.41, 5.74) is 10.1. The molecule has 3 N–H and O–H groups in total. The summed E-state index contributed by atoms with van der Waals surface area (Å²) in [6, 6.07) is 8.99. The lowest BCUT2D eigenvalue weighted by atomic mass is 10.0. The molecule has 0 amide bonds. The fourth-order valence-corrected chi connectivity index (χ4v) is 3.45. The van der Waals surface area contributed by atoms with Crippen LogP contribution in [0.1, 0.15) is 30.9 Å². The molecule has 1 aliphatic rings. The average molecular weight is 351 g/mol. The lowest BCUT2D eigenvalue weighted by Crippen LogP contribution is -2.46. The van der Waals surface area contributed by atoms with Gasteiger partial charge in [-0.2, -0.15) is 9.97 Å². The largest absolute Gasteiger partial charge is 0.368 e. The molecule has 1 saturated heterocycles. The number of anilines is 2. The lowest BCUT2D eigenvalue weighted by Gasteiger charge is -2.35. The maximum absolute atomic E-state index is 5.84. The molecule has 1 aromatic carbocycles. The Balaban J connectivity index is 1.41. The van der Waals surface area contributed by atoms with Crippen LogP contribution in [0.5, 0.6) is 0 Å². The van der Waals surface area contributed by atoms with E-state index >= 15 is 0 Å². The Bertz CT molecular complexity index is 877. The lowest BCUT2D eigenvalue weighted by molar-refractivity contribution is 0.249. The number of rotatable bonds is 4. The number of aromatic amines is 1. The summed E-state index contributed by atoms with van der Waals surface area (Å²) in [6.45, 7) is 9.24. The van der Waals surface area contributed by atoms with Crippen LogP contribution in [0, 0.1) is 0 Å². The first-order chi connectivity index (χ1) is 12.6. The van der Waals surface area contributed by atoms with Gasteiger partial charge in [-0.1, -0.05) is 38.1 Å². The Labute approximate surface area is 153 Å². The molecular weight excluding hydrogens is 326 g/mol. The highest BCUT2D eigenvalue weighted by Crippen LogP contribution is 2.23. The van der Waals surface area contributed by atoms with E-state index in [1.807, 2.05) is 0 Å². The molecule has 0 atom stereocenters. The van der Waals surface area contributed by atoms with Crippen molar-refractivity contribution in [3.63, 3.8) is 0 Å². The van der Waals surface area contributed by atoms with E-state index in [4.69, 9.17) is 5.73 Å². The number of nitrogen functional groups attached to an aromatic ring is 1. The van der Waals surface area contributed by atoms with Crippen LogP contribution < -0.4 is 10.6 Å². The maximum Gasteiger partial charge on any atom is 0.224 e. The van der Waals surface area contributed by atoms with Crippen molar-refractivity contribution in [2.24, 2.45) is 0 Å². The number of fused-ring (bicyclic) bond motifs is 1. The monoisotopic (exact) mass is 351 g/mol.